The monoisotopic (exact) mass is 219 g/mol. The van der Waals surface area contributed by atoms with Crippen LogP contribution >= 0.6 is 0 Å². The number of nitrogens with one attached hydrogen (secondary N) is 1. The molecule has 0 aliphatic heterocycles. The second kappa shape index (κ2) is 4.76. The molecule has 1 aromatic carbocycles. The van der Waals surface area contributed by atoms with E-state index in [1.54, 1.807) is 18.2 Å². The Morgan fingerprint density at radius 2 is 2.19 bits per heavy atom. The number of nitrogens with zero attached hydrogens (tertiary/aromatic N) is 2. The molecule has 16 heavy (non-hydrogen) atoms. The first-order chi connectivity index (χ1) is 7.81. The van der Waals surface area contributed by atoms with Crippen LogP contribution in [0.5, 0.6) is 5.75 Å². The maximum absolute atomic E-state index is 9.61. The average molecular weight is 219 g/mol. The highest BCUT2D eigenvalue weighted by atomic mass is 16.5. The summed E-state index contributed by atoms with van der Waals surface area (Å²) < 4.78 is 5.08. The van der Waals surface area contributed by atoms with Gasteiger partial charge in [-0.25, -0.2) is 0 Å². The molecule has 1 heterocycles. The number of hydrogen-bond acceptors (Lipinski definition) is 5. The van der Waals surface area contributed by atoms with Gasteiger partial charge in [0.2, 0.25) is 0 Å². The summed E-state index contributed by atoms with van der Waals surface area (Å²) in [7, 11) is 1.87. The maximum atomic E-state index is 9.61. The van der Waals surface area contributed by atoms with Gasteiger partial charge in [0.15, 0.2) is 5.82 Å². The molecule has 2 aromatic rings. The van der Waals surface area contributed by atoms with Crippen LogP contribution in [0.3, 0.4) is 0 Å². The zero-order valence-electron chi connectivity index (χ0n) is 8.97. The number of likely N-dealkylation sites (N-methyl/N-ethyl adjacent to an activating group) is 1. The van der Waals surface area contributed by atoms with Crippen LogP contribution in [0, 0.1) is 0 Å². The van der Waals surface area contributed by atoms with Gasteiger partial charge >= 0.3 is 0 Å². The predicted molar refractivity (Wildman–Crippen MR) is 59.0 cm³/mol. The maximum Gasteiger partial charge on any atom is 0.261 e. The van der Waals surface area contributed by atoms with Gasteiger partial charge in [0.1, 0.15) is 5.75 Å². The van der Waals surface area contributed by atoms with Crippen molar-refractivity contribution in [3.05, 3.63) is 30.1 Å². The van der Waals surface area contributed by atoms with Crippen LogP contribution in [0.2, 0.25) is 0 Å². The number of benzene rings is 1. The Morgan fingerprint density at radius 1 is 1.38 bits per heavy atom. The van der Waals surface area contributed by atoms with Gasteiger partial charge in [-0.2, -0.15) is 4.98 Å². The van der Waals surface area contributed by atoms with Crippen molar-refractivity contribution in [3.8, 4) is 17.2 Å². The first kappa shape index (κ1) is 10.6. The molecule has 0 saturated carbocycles. The number of phenols is 1. The van der Waals surface area contributed by atoms with Crippen LogP contribution in [0.15, 0.2) is 28.8 Å². The third kappa shape index (κ3) is 2.20. The van der Waals surface area contributed by atoms with E-state index in [9.17, 15) is 5.11 Å². The number of hydrogen-bond donors (Lipinski definition) is 2. The van der Waals surface area contributed by atoms with Crippen molar-refractivity contribution < 1.29 is 9.63 Å². The first-order valence-corrected chi connectivity index (χ1v) is 5.07. The summed E-state index contributed by atoms with van der Waals surface area (Å²) in [5, 5.41) is 16.4. The molecule has 0 radical (unpaired) electrons. The Bertz CT molecular complexity index is 468. The molecule has 0 atom stereocenters. The summed E-state index contributed by atoms with van der Waals surface area (Å²) in [6.07, 6.45) is 0.702. The Kier molecular flexibility index (Phi) is 3.16. The SMILES string of the molecule is CNCCc1noc(-c2ccccc2O)n1. The summed E-state index contributed by atoms with van der Waals surface area (Å²) in [5.74, 6) is 1.13. The normalized spacial score (nSPS) is 10.6. The molecular formula is C11H13N3O2. The van der Waals surface area contributed by atoms with E-state index in [4.69, 9.17) is 4.52 Å². The van der Waals surface area contributed by atoms with Crippen molar-refractivity contribution in [3.63, 3.8) is 0 Å². The molecular weight excluding hydrogens is 206 g/mol. The molecule has 5 heteroatoms. The topological polar surface area (TPSA) is 71.2 Å². The fourth-order valence-corrected chi connectivity index (χ4v) is 1.36. The molecule has 0 saturated heterocycles. The third-order valence-corrected chi connectivity index (χ3v) is 2.20. The van der Waals surface area contributed by atoms with Gasteiger partial charge in [0.25, 0.3) is 5.89 Å². The lowest BCUT2D eigenvalue weighted by Crippen LogP contribution is -2.10. The highest BCUT2D eigenvalue weighted by Gasteiger charge is 2.11. The largest absolute Gasteiger partial charge is 0.507 e. The van der Waals surface area contributed by atoms with Crippen LogP contribution in [-0.4, -0.2) is 28.8 Å². The summed E-state index contributed by atoms with van der Waals surface area (Å²) in [5.41, 5.74) is 0.561. The molecule has 0 aliphatic rings. The van der Waals surface area contributed by atoms with Gasteiger partial charge in [-0.15, -0.1) is 0 Å². The van der Waals surface area contributed by atoms with Crippen LogP contribution in [-0.2, 0) is 6.42 Å². The third-order valence-electron chi connectivity index (χ3n) is 2.20. The summed E-state index contributed by atoms with van der Waals surface area (Å²) in [6.45, 7) is 0.791. The average Bonchev–Trinajstić information content (AvgIpc) is 2.75. The van der Waals surface area contributed by atoms with E-state index >= 15 is 0 Å². The second-order valence-corrected chi connectivity index (χ2v) is 3.39. The summed E-state index contributed by atoms with van der Waals surface area (Å²) >= 11 is 0. The standard InChI is InChI=1S/C11H13N3O2/c1-12-7-6-10-13-11(16-14-10)8-4-2-3-5-9(8)15/h2-5,12,15H,6-7H2,1H3. The number of para-hydroxylation sites is 1. The Balaban J connectivity index is 2.22. The highest BCUT2D eigenvalue weighted by molar-refractivity contribution is 5.61. The smallest absolute Gasteiger partial charge is 0.261 e. The molecule has 0 bridgehead atoms. The van der Waals surface area contributed by atoms with E-state index < -0.39 is 0 Å². The molecule has 0 spiro atoms. The van der Waals surface area contributed by atoms with E-state index in [-0.39, 0.29) is 5.75 Å². The van der Waals surface area contributed by atoms with Crippen molar-refractivity contribution in [1.82, 2.24) is 15.5 Å². The van der Waals surface area contributed by atoms with Crippen molar-refractivity contribution in [2.75, 3.05) is 13.6 Å². The van der Waals surface area contributed by atoms with Gasteiger partial charge in [-0.1, -0.05) is 17.3 Å². The second-order valence-electron chi connectivity index (χ2n) is 3.39. The highest BCUT2D eigenvalue weighted by Crippen LogP contribution is 2.26. The van der Waals surface area contributed by atoms with Crippen molar-refractivity contribution in [2.45, 2.75) is 6.42 Å². The van der Waals surface area contributed by atoms with Crippen LogP contribution in [0.25, 0.3) is 11.5 Å². The van der Waals surface area contributed by atoms with Gasteiger partial charge in [-0.05, 0) is 19.2 Å². The Morgan fingerprint density at radius 3 is 2.94 bits per heavy atom. The molecule has 0 fully saturated rings. The predicted octanol–water partition coefficient (Wildman–Crippen LogP) is 1.20. The number of rotatable bonds is 4. The molecule has 2 N–H and O–H groups in total. The summed E-state index contributed by atoms with van der Waals surface area (Å²) in [4.78, 5) is 4.20. The lowest BCUT2D eigenvalue weighted by Gasteiger charge is -1.96. The molecule has 84 valence electrons. The zero-order chi connectivity index (χ0) is 11.4. The molecule has 5 nitrogen and oxygen atoms in total. The minimum atomic E-state index is 0.145. The van der Waals surface area contributed by atoms with Crippen LogP contribution in [0.1, 0.15) is 5.82 Å². The van der Waals surface area contributed by atoms with Crippen LogP contribution in [0.4, 0.5) is 0 Å². The molecule has 1 aromatic heterocycles. The zero-order valence-corrected chi connectivity index (χ0v) is 8.97. The molecule has 2 rings (SSSR count). The van der Waals surface area contributed by atoms with Crippen molar-refractivity contribution in [1.29, 1.82) is 0 Å². The number of aromatic hydroxyl groups is 1. The fraction of sp³-hybridized carbons (Fsp3) is 0.273. The van der Waals surface area contributed by atoms with E-state index in [1.165, 1.54) is 0 Å². The quantitative estimate of drug-likeness (QED) is 0.808. The minimum absolute atomic E-state index is 0.145. The van der Waals surface area contributed by atoms with Gasteiger partial charge < -0.3 is 14.9 Å². The van der Waals surface area contributed by atoms with Gasteiger partial charge in [0, 0.05) is 13.0 Å². The fourth-order valence-electron chi connectivity index (χ4n) is 1.36. The van der Waals surface area contributed by atoms with Gasteiger partial charge in [0.05, 0.1) is 5.56 Å². The first-order valence-electron chi connectivity index (χ1n) is 5.07. The van der Waals surface area contributed by atoms with Crippen LogP contribution < -0.4 is 5.32 Å². The van der Waals surface area contributed by atoms with E-state index in [1.807, 2.05) is 13.1 Å². The number of aromatic nitrogens is 2. The summed E-state index contributed by atoms with van der Waals surface area (Å²) in [6, 6.07) is 6.89. The van der Waals surface area contributed by atoms with E-state index in [0.717, 1.165) is 6.54 Å². The molecule has 0 aliphatic carbocycles. The number of phenolic OH excluding ortho intramolecular Hbond substituents is 1. The van der Waals surface area contributed by atoms with E-state index in [0.29, 0.717) is 23.7 Å². The van der Waals surface area contributed by atoms with Crippen molar-refractivity contribution in [2.24, 2.45) is 0 Å². The lowest BCUT2D eigenvalue weighted by atomic mass is 10.2. The van der Waals surface area contributed by atoms with E-state index in [2.05, 4.69) is 15.5 Å². The molecule has 0 amide bonds. The van der Waals surface area contributed by atoms with Gasteiger partial charge in [-0.3, -0.25) is 0 Å². The Hall–Kier alpha value is -1.88. The minimum Gasteiger partial charge on any atom is -0.507 e. The van der Waals surface area contributed by atoms with Crippen molar-refractivity contribution >= 4 is 0 Å². The molecule has 0 unspecified atom stereocenters. The lowest BCUT2D eigenvalue weighted by molar-refractivity contribution is 0.417. The Labute approximate surface area is 93.1 Å².